The molecule has 0 aromatic heterocycles. The summed E-state index contributed by atoms with van der Waals surface area (Å²) in [7, 11) is 0. The zero-order valence-electron chi connectivity index (χ0n) is 7.85. The van der Waals surface area contributed by atoms with E-state index >= 15 is 0 Å². The maximum absolute atomic E-state index is 3.93. The molecule has 0 fully saturated rings. The molecule has 0 heteroatoms. The molecule has 0 aromatic carbocycles. The second-order valence-electron chi connectivity index (χ2n) is 3.26. The second-order valence-corrected chi connectivity index (χ2v) is 3.26. The maximum Gasteiger partial charge on any atom is 0.00692 e. The Hall–Kier alpha value is -0.780. The van der Waals surface area contributed by atoms with E-state index in [1.807, 2.05) is 6.08 Å². The Morgan fingerprint density at radius 3 is 2.36 bits per heavy atom. The van der Waals surface area contributed by atoms with Crippen molar-refractivity contribution in [3.8, 4) is 0 Å². The van der Waals surface area contributed by atoms with Crippen LogP contribution in [0, 0.1) is 5.41 Å². The van der Waals surface area contributed by atoms with Gasteiger partial charge in [-0.05, 0) is 12.0 Å². The van der Waals surface area contributed by atoms with Crippen LogP contribution in [-0.4, -0.2) is 0 Å². The van der Waals surface area contributed by atoms with Gasteiger partial charge < -0.3 is 0 Å². The van der Waals surface area contributed by atoms with Crippen LogP contribution in [0.3, 0.4) is 0 Å². The molecular weight excluding hydrogens is 132 g/mol. The topological polar surface area (TPSA) is 0 Å². The van der Waals surface area contributed by atoms with E-state index in [0.29, 0.717) is 0 Å². The van der Waals surface area contributed by atoms with E-state index in [0.717, 1.165) is 12.0 Å². The van der Waals surface area contributed by atoms with Crippen LogP contribution in [0.2, 0.25) is 0 Å². The van der Waals surface area contributed by atoms with Gasteiger partial charge in [-0.3, -0.25) is 0 Å². The maximum atomic E-state index is 3.93. The largest absolute Gasteiger partial charge is 0.0988 e. The first-order valence-electron chi connectivity index (χ1n) is 4.04. The minimum atomic E-state index is 0.0672. The van der Waals surface area contributed by atoms with Crippen molar-refractivity contribution in [1.29, 1.82) is 0 Å². The summed E-state index contributed by atoms with van der Waals surface area (Å²) >= 11 is 0. The monoisotopic (exact) mass is 150 g/mol. The molecular formula is C11H18. The third-order valence-electron chi connectivity index (χ3n) is 1.84. The molecule has 0 amide bonds. The van der Waals surface area contributed by atoms with Crippen molar-refractivity contribution in [3.05, 3.63) is 37.0 Å². The van der Waals surface area contributed by atoms with Crippen LogP contribution < -0.4 is 0 Å². The lowest BCUT2D eigenvalue weighted by atomic mass is 9.85. The van der Waals surface area contributed by atoms with Crippen molar-refractivity contribution >= 4 is 0 Å². The summed E-state index contributed by atoms with van der Waals surface area (Å²) in [4.78, 5) is 0. The molecule has 62 valence electrons. The molecule has 0 heterocycles. The number of hydrogen-bond acceptors (Lipinski definition) is 0. The highest BCUT2D eigenvalue weighted by Gasteiger charge is 2.14. The van der Waals surface area contributed by atoms with Crippen LogP contribution in [0.5, 0.6) is 0 Å². The van der Waals surface area contributed by atoms with E-state index in [1.165, 1.54) is 0 Å². The Morgan fingerprint density at radius 1 is 1.45 bits per heavy atom. The van der Waals surface area contributed by atoms with E-state index in [4.69, 9.17) is 0 Å². The molecule has 0 N–H and O–H groups in total. The number of allylic oxidation sites excluding steroid dienone is 4. The van der Waals surface area contributed by atoms with E-state index in [1.54, 1.807) is 0 Å². The fraction of sp³-hybridized carbons (Fsp3) is 0.455. The van der Waals surface area contributed by atoms with Crippen LogP contribution >= 0.6 is 0 Å². The summed E-state index contributed by atoms with van der Waals surface area (Å²) in [5, 5.41) is 0. The van der Waals surface area contributed by atoms with E-state index < -0.39 is 0 Å². The molecule has 0 unspecified atom stereocenters. The van der Waals surface area contributed by atoms with Crippen LogP contribution in [0.25, 0.3) is 0 Å². The molecule has 0 radical (unpaired) electrons. The van der Waals surface area contributed by atoms with Crippen molar-refractivity contribution < 1.29 is 0 Å². The summed E-state index contributed by atoms with van der Waals surface area (Å²) in [6, 6.07) is 0. The Balaban J connectivity index is 4.32. The summed E-state index contributed by atoms with van der Waals surface area (Å²) in [5.41, 5.74) is 1.14. The third-order valence-corrected chi connectivity index (χ3v) is 1.84. The van der Waals surface area contributed by atoms with Gasteiger partial charge in [0.25, 0.3) is 0 Å². The van der Waals surface area contributed by atoms with Gasteiger partial charge in [0.15, 0.2) is 0 Å². The summed E-state index contributed by atoms with van der Waals surface area (Å²) in [5.74, 6) is 0. The average molecular weight is 150 g/mol. The number of rotatable bonds is 4. The second kappa shape index (κ2) is 4.17. The van der Waals surface area contributed by atoms with Gasteiger partial charge in [0.05, 0.1) is 0 Å². The molecule has 0 spiro atoms. The van der Waals surface area contributed by atoms with Gasteiger partial charge >= 0.3 is 0 Å². The molecule has 0 atom stereocenters. The van der Waals surface area contributed by atoms with Gasteiger partial charge in [0.1, 0.15) is 0 Å². The third kappa shape index (κ3) is 3.22. The van der Waals surface area contributed by atoms with Gasteiger partial charge in [-0.15, -0.1) is 0 Å². The first-order valence-corrected chi connectivity index (χ1v) is 4.04. The van der Waals surface area contributed by atoms with E-state index in [2.05, 4.69) is 46.1 Å². The minimum absolute atomic E-state index is 0.0672. The molecule has 0 aliphatic heterocycles. The fourth-order valence-corrected chi connectivity index (χ4v) is 0.783. The zero-order chi connectivity index (χ0) is 8.91. The highest BCUT2D eigenvalue weighted by atomic mass is 14.2. The van der Waals surface area contributed by atoms with Crippen LogP contribution in [0.15, 0.2) is 37.0 Å². The lowest BCUT2D eigenvalue weighted by molar-refractivity contribution is 0.595. The molecule has 0 saturated carbocycles. The van der Waals surface area contributed by atoms with Crippen LogP contribution in [-0.2, 0) is 0 Å². The predicted molar refractivity (Wildman–Crippen MR) is 52.5 cm³/mol. The predicted octanol–water partition coefficient (Wildman–Crippen LogP) is 3.72. The molecule has 0 rings (SSSR count). The molecule has 0 bridgehead atoms. The van der Waals surface area contributed by atoms with Gasteiger partial charge in [0, 0.05) is 5.41 Å². The van der Waals surface area contributed by atoms with Crippen molar-refractivity contribution in [1.82, 2.24) is 0 Å². The van der Waals surface area contributed by atoms with Gasteiger partial charge in [-0.2, -0.15) is 0 Å². The lowest BCUT2D eigenvalue weighted by Gasteiger charge is -2.20. The lowest BCUT2D eigenvalue weighted by Crippen LogP contribution is -2.08. The normalized spacial score (nSPS) is 11.9. The SMILES string of the molecule is C=CC(=C)C(C)(C)/C=C/CC. The molecule has 11 heavy (non-hydrogen) atoms. The summed E-state index contributed by atoms with van der Waals surface area (Å²) < 4.78 is 0. The van der Waals surface area contributed by atoms with Crippen molar-refractivity contribution in [3.63, 3.8) is 0 Å². The minimum Gasteiger partial charge on any atom is -0.0988 e. The summed E-state index contributed by atoms with van der Waals surface area (Å²) in [6.07, 6.45) is 7.24. The van der Waals surface area contributed by atoms with Gasteiger partial charge in [-0.25, -0.2) is 0 Å². The van der Waals surface area contributed by atoms with Crippen LogP contribution in [0.4, 0.5) is 0 Å². The molecule has 0 nitrogen and oxygen atoms in total. The van der Waals surface area contributed by atoms with E-state index in [-0.39, 0.29) is 5.41 Å². The van der Waals surface area contributed by atoms with E-state index in [9.17, 15) is 0 Å². The Labute approximate surface area is 70.3 Å². The Morgan fingerprint density at radius 2 is 2.00 bits per heavy atom. The smallest absolute Gasteiger partial charge is 0.00692 e. The quantitative estimate of drug-likeness (QED) is 0.423. The molecule has 0 aliphatic carbocycles. The highest BCUT2D eigenvalue weighted by molar-refractivity contribution is 5.25. The molecule has 0 saturated heterocycles. The summed E-state index contributed by atoms with van der Waals surface area (Å²) in [6.45, 7) is 14.0. The average Bonchev–Trinajstić information content (AvgIpc) is 1.99. The van der Waals surface area contributed by atoms with Gasteiger partial charge in [0.2, 0.25) is 0 Å². The van der Waals surface area contributed by atoms with Crippen molar-refractivity contribution in [2.75, 3.05) is 0 Å². The fourth-order valence-electron chi connectivity index (χ4n) is 0.783. The van der Waals surface area contributed by atoms with Crippen LogP contribution in [0.1, 0.15) is 27.2 Å². The first-order chi connectivity index (χ1) is 5.04. The first kappa shape index (κ1) is 10.2. The molecule has 0 aromatic rings. The standard InChI is InChI=1S/C11H18/c1-6-8-9-11(4,5)10(3)7-2/h7-9H,2-3,6H2,1,4-5H3/b9-8+. The van der Waals surface area contributed by atoms with Crippen molar-refractivity contribution in [2.45, 2.75) is 27.2 Å². The van der Waals surface area contributed by atoms with Gasteiger partial charge in [-0.1, -0.05) is 52.2 Å². The Kier molecular flexibility index (Phi) is 3.88. The Bertz CT molecular complexity index is 170. The van der Waals surface area contributed by atoms with Crippen molar-refractivity contribution in [2.24, 2.45) is 5.41 Å². The number of hydrogen-bond donors (Lipinski definition) is 0. The highest BCUT2D eigenvalue weighted by Crippen LogP contribution is 2.26. The molecule has 0 aliphatic rings. The zero-order valence-corrected chi connectivity index (χ0v) is 7.85.